The van der Waals surface area contributed by atoms with Crippen molar-refractivity contribution in [3.8, 4) is 0 Å². The number of nitrogens with zero attached hydrogens (tertiary/aromatic N) is 1. The summed E-state index contributed by atoms with van der Waals surface area (Å²) in [6.45, 7) is -1.55. The minimum absolute atomic E-state index is 0.185. The molecule has 1 heterocycles. The van der Waals surface area contributed by atoms with Crippen LogP contribution in [0.4, 0.5) is 23.2 Å². The SMILES string of the molecule is Nc1cc(F)c(=O)n(CC(F)(F)F)c1. The Morgan fingerprint density at radius 3 is 2.50 bits per heavy atom. The van der Waals surface area contributed by atoms with Crippen molar-refractivity contribution in [3.05, 3.63) is 28.4 Å². The summed E-state index contributed by atoms with van der Waals surface area (Å²) in [6.07, 6.45) is -3.83. The predicted octanol–water partition coefficient (Wildman–Crippen LogP) is 1.13. The van der Waals surface area contributed by atoms with Gasteiger partial charge in [-0.15, -0.1) is 0 Å². The van der Waals surface area contributed by atoms with E-state index in [1.807, 2.05) is 0 Å². The molecule has 1 rings (SSSR count). The number of anilines is 1. The number of nitrogen functional groups attached to an aromatic ring is 1. The quantitative estimate of drug-likeness (QED) is 0.706. The van der Waals surface area contributed by atoms with Gasteiger partial charge in [-0.2, -0.15) is 13.2 Å². The van der Waals surface area contributed by atoms with Crippen LogP contribution in [0.15, 0.2) is 17.1 Å². The van der Waals surface area contributed by atoms with Crippen molar-refractivity contribution in [2.75, 3.05) is 5.73 Å². The third-order valence-electron chi connectivity index (χ3n) is 1.41. The first kappa shape index (κ1) is 10.6. The van der Waals surface area contributed by atoms with Crippen LogP contribution < -0.4 is 11.3 Å². The summed E-state index contributed by atoms with van der Waals surface area (Å²) < 4.78 is 48.4. The van der Waals surface area contributed by atoms with Crippen LogP contribution in [-0.4, -0.2) is 10.7 Å². The number of alkyl halides is 3. The van der Waals surface area contributed by atoms with Crippen molar-refractivity contribution >= 4 is 5.69 Å². The van der Waals surface area contributed by atoms with Crippen LogP contribution in [0.2, 0.25) is 0 Å². The highest BCUT2D eigenvalue weighted by Crippen LogP contribution is 2.16. The summed E-state index contributed by atoms with van der Waals surface area (Å²) in [7, 11) is 0. The second-order valence-corrected chi connectivity index (χ2v) is 2.67. The maximum atomic E-state index is 12.6. The minimum atomic E-state index is -4.58. The van der Waals surface area contributed by atoms with Crippen LogP contribution in [0.5, 0.6) is 0 Å². The number of rotatable bonds is 1. The summed E-state index contributed by atoms with van der Waals surface area (Å²) in [6, 6.07) is 0.676. The highest BCUT2D eigenvalue weighted by molar-refractivity contribution is 5.34. The summed E-state index contributed by atoms with van der Waals surface area (Å²) in [4.78, 5) is 10.8. The summed E-state index contributed by atoms with van der Waals surface area (Å²) in [5.41, 5.74) is 3.51. The van der Waals surface area contributed by atoms with Crippen molar-refractivity contribution in [2.45, 2.75) is 12.7 Å². The first-order valence-corrected chi connectivity index (χ1v) is 3.52. The standard InChI is InChI=1S/C7H6F4N2O/c8-5-1-4(12)2-13(6(5)14)3-7(9,10)11/h1-2H,3,12H2. The van der Waals surface area contributed by atoms with Gasteiger partial charge < -0.3 is 10.3 Å². The molecule has 2 N–H and O–H groups in total. The Labute approximate surface area is 75.8 Å². The topological polar surface area (TPSA) is 48.0 Å². The first-order chi connectivity index (χ1) is 6.29. The van der Waals surface area contributed by atoms with Crippen LogP contribution in [0.3, 0.4) is 0 Å². The molecule has 0 fully saturated rings. The van der Waals surface area contributed by atoms with E-state index in [1.54, 1.807) is 0 Å². The average Bonchev–Trinajstić information content (AvgIpc) is 1.96. The van der Waals surface area contributed by atoms with E-state index in [-0.39, 0.29) is 10.3 Å². The Bertz CT molecular complexity index is 396. The molecule has 78 valence electrons. The molecule has 0 aromatic carbocycles. The number of aromatic nitrogens is 1. The summed E-state index contributed by atoms with van der Waals surface area (Å²) >= 11 is 0. The fourth-order valence-electron chi connectivity index (χ4n) is 0.932. The van der Waals surface area contributed by atoms with Crippen molar-refractivity contribution in [3.63, 3.8) is 0 Å². The molecule has 0 amide bonds. The van der Waals surface area contributed by atoms with Gasteiger partial charge in [-0.3, -0.25) is 4.79 Å². The zero-order chi connectivity index (χ0) is 10.9. The highest BCUT2D eigenvalue weighted by Gasteiger charge is 2.28. The molecule has 0 aliphatic rings. The van der Waals surface area contributed by atoms with E-state index in [0.29, 0.717) is 6.07 Å². The van der Waals surface area contributed by atoms with E-state index < -0.39 is 24.1 Å². The molecule has 0 aliphatic carbocycles. The predicted molar refractivity (Wildman–Crippen MR) is 41.1 cm³/mol. The maximum Gasteiger partial charge on any atom is 0.406 e. The van der Waals surface area contributed by atoms with Crippen molar-refractivity contribution in [1.29, 1.82) is 0 Å². The third-order valence-corrected chi connectivity index (χ3v) is 1.41. The fraction of sp³-hybridized carbons (Fsp3) is 0.286. The number of hydrogen-bond acceptors (Lipinski definition) is 2. The minimum Gasteiger partial charge on any atom is -0.397 e. The van der Waals surface area contributed by atoms with Gasteiger partial charge in [0.2, 0.25) is 0 Å². The van der Waals surface area contributed by atoms with Gasteiger partial charge in [0.05, 0.1) is 5.69 Å². The van der Waals surface area contributed by atoms with Gasteiger partial charge in [0.1, 0.15) is 6.54 Å². The van der Waals surface area contributed by atoms with Crippen molar-refractivity contribution in [1.82, 2.24) is 4.57 Å². The van der Waals surface area contributed by atoms with Crippen LogP contribution in [0.25, 0.3) is 0 Å². The second kappa shape index (κ2) is 3.32. The third kappa shape index (κ3) is 2.48. The Hall–Kier alpha value is -1.53. The number of pyridine rings is 1. The second-order valence-electron chi connectivity index (χ2n) is 2.67. The normalized spacial score (nSPS) is 11.7. The van der Waals surface area contributed by atoms with Crippen molar-refractivity contribution in [2.24, 2.45) is 0 Å². The zero-order valence-corrected chi connectivity index (χ0v) is 6.81. The Morgan fingerprint density at radius 2 is 2.00 bits per heavy atom. The van der Waals surface area contributed by atoms with Gasteiger partial charge in [-0.05, 0) is 0 Å². The lowest BCUT2D eigenvalue weighted by Gasteiger charge is -2.09. The molecule has 1 aromatic rings. The van der Waals surface area contributed by atoms with Gasteiger partial charge in [0.25, 0.3) is 5.56 Å². The fourth-order valence-corrected chi connectivity index (χ4v) is 0.932. The Kier molecular flexibility index (Phi) is 2.50. The van der Waals surface area contributed by atoms with Gasteiger partial charge in [0.15, 0.2) is 5.82 Å². The number of halogens is 4. The largest absolute Gasteiger partial charge is 0.406 e. The average molecular weight is 210 g/mol. The van der Waals surface area contributed by atoms with Gasteiger partial charge in [-0.25, -0.2) is 4.39 Å². The van der Waals surface area contributed by atoms with E-state index >= 15 is 0 Å². The molecule has 0 unspecified atom stereocenters. The maximum absolute atomic E-state index is 12.6. The van der Waals surface area contributed by atoms with Crippen LogP contribution in [0, 0.1) is 5.82 Å². The van der Waals surface area contributed by atoms with E-state index in [4.69, 9.17) is 5.73 Å². The molecule has 14 heavy (non-hydrogen) atoms. The monoisotopic (exact) mass is 210 g/mol. The molecule has 0 spiro atoms. The van der Waals surface area contributed by atoms with Gasteiger partial charge in [0, 0.05) is 12.3 Å². The van der Waals surface area contributed by atoms with E-state index in [0.717, 1.165) is 6.20 Å². The van der Waals surface area contributed by atoms with E-state index in [9.17, 15) is 22.4 Å². The molecule has 0 saturated carbocycles. The van der Waals surface area contributed by atoms with Crippen LogP contribution in [-0.2, 0) is 6.54 Å². The molecular formula is C7H6F4N2O. The molecule has 7 heteroatoms. The molecule has 0 radical (unpaired) electrons. The zero-order valence-electron chi connectivity index (χ0n) is 6.81. The Morgan fingerprint density at radius 1 is 1.43 bits per heavy atom. The summed E-state index contributed by atoms with van der Waals surface area (Å²) in [5, 5.41) is 0. The molecule has 3 nitrogen and oxygen atoms in total. The van der Waals surface area contributed by atoms with Crippen molar-refractivity contribution < 1.29 is 17.6 Å². The lowest BCUT2D eigenvalue weighted by atomic mass is 10.4. The van der Waals surface area contributed by atoms with E-state index in [1.165, 1.54) is 0 Å². The molecule has 0 aliphatic heterocycles. The lowest BCUT2D eigenvalue weighted by molar-refractivity contribution is -0.141. The Balaban J connectivity index is 3.16. The molecule has 0 bridgehead atoms. The molecular weight excluding hydrogens is 204 g/mol. The molecule has 1 aromatic heterocycles. The smallest absolute Gasteiger partial charge is 0.397 e. The first-order valence-electron chi connectivity index (χ1n) is 3.52. The van der Waals surface area contributed by atoms with Crippen LogP contribution in [0.1, 0.15) is 0 Å². The van der Waals surface area contributed by atoms with Crippen LogP contribution >= 0.6 is 0 Å². The van der Waals surface area contributed by atoms with E-state index in [2.05, 4.69) is 0 Å². The number of nitrogens with two attached hydrogens (primary N) is 1. The summed E-state index contributed by atoms with van der Waals surface area (Å²) in [5.74, 6) is -1.30. The lowest BCUT2D eigenvalue weighted by Crippen LogP contribution is -2.29. The molecule has 0 saturated heterocycles. The molecule has 0 atom stereocenters. The highest BCUT2D eigenvalue weighted by atomic mass is 19.4. The van der Waals surface area contributed by atoms with Gasteiger partial charge >= 0.3 is 6.18 Å². The van der Waals surface area contributed by atoms with Gasteiger partial charge in [-0.1, -0.05) is 0 Å². The number of hydrogen-bond donors (Lipinski definition) is 1.